The molecule has 0 amide bonds. The van der Waals surface area contributed by atoms with E-state index in [0.29, 0.717) is 10.6 Å². The molecule has 0 aliphatic carbocycles. The minimum absolute atomic E-state index is 0.131. The van der Waals surface area contributed by atoms with E-state index in [4.69, 9.17) is 18.1 Å². The first-order chi connectivity index (χ1) is 18.3. The Balaban J connectivity index is 1.87. The molecule has 2 heterocycles. The third-order valence-electron chi connectivity index (χ3n) is 8.03. The topological polar surface area (TPSA) is 77.4 Å². The molecule has 8 heteroatoms. The molecule has 2 N–H and O–H groups in total. The zero-order valence-corrected chi connectivity index (χ0v) is 29.4. The van der Waals surface area contributed by atoms with E-state index < -0.39 is 27.3 Å². The molecule has 2 aromatic carbocycles. The number of rotatable bonds is 2. The van der Waals surface area contributed by atoms with Gasteiger partial charge in [-0.25, -0.2) is 0 Å². The Labute approximate surface area is 249 Å². The van der Waals surface area contributed by atoms with E-state index in [0.717, 1.165) is 22.3 Å². The van der Waals surface area contributed by atoms with Crippen LogP contribution in [0.4, 0.5) is 0 Å². The van der Waals surface area contributed by atoms with Crippen molar-refractivity contribution in [1.29, 1.82) is 0 Å². The summed E-state index contributed by atoms with van der Waals surface area (Å²) < 4.78 is 26.1. The van der Waals surface area contributed by atoms with Crippen molar-refractivity contribution in [2.75, 3.05) is 6.61 Å². The average molecular weight is 607 g/mol. The van der Waals surface area contributed by atoms with E-state index in [1.165, 1.54) is 0 Å². The second kappa shape index (κ2) is 9.78. The molecule has 2 aliphatic rings. The second-order valence-electron chi connectivity index (χ2n) is 16.4. The molecular formula is C33H52O6P2+2. The Morgan fingerprint density at radius 1 is 0.561 bits per heavy atom. The van der Waals surface area contributed by atoms with Crippen LogP contribution in [0.25, 0.3) is 0 Å². The summed E-state index contributed by atoms with van der Waals surface area (Å²) in [6, 6.07) is 12.2. The summed E-state index contributed by atoms with van der Waals surface area (Å²) in [5.41, 5.74) is 1.91. The number of hydrogen-bond acceptors (Lipinski definition) is 6. The lowest BCUT2D eigenvalue weighted by Crippen LogP contribution is -2.64. The largest absolute Gasteiger partial charge is 0.458 e. The molecule has 41 heavy (non-hydrogen) atoms. The first-order valence-electron chi connectivity index (χ1n) is 14.6. The zero-order chi connectivity index (χ0) is 31.2. The van der Waals surface area contributed by atoms with Crippen LogP contribution in [0.2, 0.25) is 0 Å². The third kappa shape index (κ3) is 5.69. The van der Waals surface area contributed by atoms with Crippen molar-refractivity contribution in [2.24, 2.45) is 5.41 Å². The molecule has 1 spiro atoms. The summed E-state index contributed by atoms with van der Waals surface area (Å²) in [5.74, 6) is -1.68. The quantitative estimate of drug-likeness (QED) is 0.337. The molecule has 2 aromatic rings. The van der Waals surface area contributed by atoms with E-state index in [1.807, 2.05) is 50.2 Å². The summed E-state index contributed by atoms with van der Waals surface area (Å²) in [4.78, 5) is 24.6. The third-order valence-corrected chi connectivity index (χ3v) is 12.1. The molecule has 2 aliphatic heterocycles. The molecule has 0 aromatic heterocycles. The molecule has 4 rings (SSSR count). The highest BCUT2D eigenvalue weighted by molar-refractivity contribution is 7.70. The van der Waals surface area contributed by atoms with Gasteiger partial charge in [0.25, 0.3) is 0 Å². The predicted octanol–water partition coefficient (Wildman–Crippen LogP) is 8.11. The monoisotopic (exact) mass is 606 g/mol. The van der Waals surface area contributed by atoms with Gasteiger partial charge in [-0.1, -0.05) is 133 Å². The summed E-state index contributed by atoms with van der Waals surface area (Å²) in [6.45, 7) is 29.4. The van der Waals surface area contributed by atoms with Gasteiger partial charge in [-0.3, -0.25) is 0 Å². The lowest BCUT2D eigenvalue weighted by molar-refractivity contribution is -0.393. The fourth-order valence-corrected chi connectivity index (χ4v) is 11.4. The van der Waals surface area contributed by atoms with E-state index >= 15 is 0 Å². The summed E-state index contributed by atoms with van der Waals surface area (Å²) in [7, 11) is -7.32. The van der Waals surface area contributed by atoms with Gasteiger partial charge in [0.15, 0.2) is 10.6 Å². The molecule has 1 unspecified atom stereocenters. The zero-order valence-electron chi connectivity index (χ0n) is 27.6. The van der Waals surface area contributed by atoms with Crippen LogP contribution in [0.5, 0.6) is 0 Å². The van der Waals surface area contributed by atoms with Crippen molar-refractivity contribution in [3.05, 3.63) is 58.7 Å². The van der Waals surface area contributed by atoms with Crippen LogP contribution < -0.4 is 10.6 Å². The minimum atomic E-state index is -3.73. The Morgan fingerprint density at radius 3 is 1.17 bits per heavy atom. The predicted molar refractivity (Wildman–Crippen MR) is 171 cm³/mol. The lowest BCUT2D eigenvalue weighted by atomic mass is 9.80. The van der Waals surface area contributed by atoms with Crippen molar-refractivity contribution in [3.63, 3.8) is 0 Å². The van der Waals surface area contributed by atoms with Gasteiger partial charge in [0.05, 0.1) is 5.41 Å². The standard InChI is InChI=1S/C33H52O6P2/c1-28(2,3)22-17-15-18-23(29(4,5)6)26(22)40(34)36-21-32(13,14)33(37-40)38-41(35,39-33)27-24(30(7,8)9)19-16-20-25(27)31(10,11)12/h15-20,34-35H,21H2,1-14H3/q+2. The first kappa shape index (κ1) is 33.0. The van der Waals surface area contributed by atoms with Gasteiger partial charge in [0, 0.05) is 22.3 Å². The number of hydrogen-bond donors (Lipinski definition) is 2. The maximum atomic E-state index is 12.4. The van der Waals surface area contributed by atoms with Crippen LogP contribution in [0, 0.1) is 5.41 Å². The van der Waals surface area contributed by atoms with Crippen LogP contribution >= 0.6 is 15.9 Å². The summed E-state index contributed by atoms with van der Waals surface area (Å²) in [5, 5.41) is 1.37. The van der Waals surface area contributed by atoms with E-state index in [9.17, 15) is 9.79 Å². The molecule has 6 nitrogen and oxygen atoms in total. The van der Waals surface area contributed by atoms with Gasteiger partial charge < -0.3 is 0 Å². The van der Waals surface area contributed by atoms with E-state index in [2.05, 4.69) is 83.1 Å². The minimum Gasteiger partial charge on any atom is -0.188 e. The fraction of sp³-hybridized carbons (Fsp3) is 0.636. The van der Waals surface area contributed by atoms with Crippen molar-refractivity contribution in [2.45, 2.75) is 125 Å². The molecule has 2 fully saturated rings. The van der Waals surface area contributed by atoms with Gasteiger partial charge in [-0.15, -0.1) is 0 Å². The smallest absolute Gasteiger partial charge is 0.188 e. The highest BCUT2D eigenvalue weighted by atomic mass is 31.2. The molecule has 2 saturated heterocycles. The van der Waals surface area contributed by atoms with Crippen LogP contribution in [0.15, 0.2) is 36.4 Å². The van der Waals surface area contributed by atoms with Gasteiger partial charge in [-0.05, 0) is 35.5 Å². The highest BCUT2D eigenvalue weighted by Crippen LogP contribution is 2.81. The Hall–Kier alpha value is -0.940. The van der Waals surface area contributed by atoms with Crippen molar-refractivity contribution in [1.82, 2.24) is 0 Å². The maximum absolute atomic E-state index is 12.4. The van der Waals surface area contributed by atoms with E-state index in [1.54, 1.807) is 0 Å². The fourth-order valence-electron chi connectivity index (χ4n) is 5.58. The van der Waals surface area contributed by atoms with Crippen LogP contribution in [0.1, 0.15) is 119 Å². The van der Waals surface area contributed by atoms with Gasteiger partial charge in [0.1, 0.15) is 6.61 Å². The van der Waals surface area contributed by atoms with E-state index in [-0.39, 0.29) is 28.3 Å². The molecule has 0 bridgehead atoms. The molecular weight excluding hydrogens is 554 g/mol. The van der Waals surface area contributed by atoms with Gasteiger partial charge in [-0.2, -0.15) is 14.3 Å². The van der Waals surface area contributed by atoms with Crippen LogP contribution in [-0.4, -0.2) is 22.4 Å². The second-order valence-corrected chi connectivity index (χ2v) is 20.2. The maximum Gasteiger partial charge on any atom is 0.458 e. The summed E-state index contributed by atoms with van der Waals surface area (Å²) >= 11 is 0. The molecule has 1 atom stereocenters. The summed E-state index contributed by atoms with van der Waals surface area (Å²) in [6.07, 6.45) is 0. The van der Waals surface area contributed by atoms with Crippen LogP contribution in [-0.2, 0) is 39.8 Å². The average Bonchev–Trinajstić information content (AvgIpc) is 2.77. The van der Waals surface area contributed by atoms with Gasteiger partial charge >= 0.3 is 21.9 Å². The SMILES string of the molecule is CC(C)(C)c1cccc(C(C)(C)C)c1[P+]1(O)OCC(C)(C)C2(O1)O[P+](O)(c1c(C(C)(C)C)cccc1C(C)(C)C)O2. The Kier molecular flexibility index (Phi) is 7.86. The Morgan fingerprint density at radius 2 is 0.854 bits per heavy atom. The van der Waals surface area contributed by atoms with Crippen molar-refractivity contribution < 1.29 is 27.9 Å². The molecule has 0 radical (unpaired) electrons. The highest BCUT2D eigenvalue weighted by Gasteiger charge is 2.84. The van der Waals surface area contributed by atoms with Crippen molar-refractivity contribution >= 4 is 26.5 Å². The number of benzene rings is 2. The van der Waals surface area contributed by atoms with Gasteiger partial charge in [0.2, 0.25) is 0 Å². The van der Waals surface area contributed by atoms with Crippen molar-refractivity contribution in [3.8, 4) is 0 Å². The first-order valence-corrected chi connectivity index (χ1v) is 17.7. The normalized spacial score (nSPS) is 29.0. The molecule has 0 saturated carbocycles. The molecule has 228 valence electrons. The van der Waals surface area contributed by atoms with Crippen LogP contribution in [0.3, 0.4) is 0 Å². The lowest BCUT2D eigenvalue weighted by Gasteiger charge is -2.51. The Bertz CT molecular complexity index is 1250.